The molecule has 0 radical (unpaired) electrons. The first-order valence-electron chi connectivity index (χ1n) is 6.80. The van der Waals surface area contributed by atoms with Gasteiger partial charge in [-0.05, 0) is 55.7 Å². The number of H-pyrrole nitrogens is 1. The van der Waals surface area contributed by atoms with E-state index in [-0.39, 0.29) is 0 Å². The summed E-state index contributed by atoms with van der Waals surface area (Å²) in [5, 5.41) is 0.512. The van der Waals surface area contributed by atoms with Crippen molar-refractivity contribution >= 4 is 21.8 Å². The Morgan fingerprint density at radius 3 is 2.81 bits per heavy atom. The minimum absolute atomic E-state index is 0.381. The third kappa shape index (κ3) is 2.74. The molecule has 1 aromatic carbocycles. The number of nitrogens with one attached hydrogen (secondary N) is 1. The minimum Gasteiger partial charge on any atom is -0.331 e. The van der Waals surface area contributed by atoms with Crippen molar-refractivity contribution in [2.45, 2.75) is 31.7 Å². The van der Waals surface area contributed by atoms with E-state index in [1.54, 1.807) is 6.20 Å². The number of imidazole rings is 1. The molecular weight excluding hydrogens is 282 g/mol. The molecule has 108 valence electrons. The molecule has 1 atom stereocenters. The Balaban J connectivity index is 1.91. The molecule has 1 N–H and O–H groups in total. The highest BCUT2D eigenvalue weighted by molar-refractivity contribution is 7.84. The van der Waals surface area contributed by atoms with Crippen molar-refractivity contribution in [1.82, 2.24) is 15.0 Å². The zero-order valence-electron chi connectivity index (χ0n) is 12.3. The van der Waals surface area contributed by atoms with Gasteiger partial charge in [0.25, 0.3) is 0 Å². The molecule has 0 fully saturated rings. The fourth-order valence-electron chi connectivity index (χ4n) is 2.23. The normalized spacial score (nSPS) is 12.7. The summed E-state index contributed by atoms with van der Waals surface area (Å²) in [6.45, 7) is 6.07. The molecule has 0 bridgehead atoms. The van der Waals surface area contributed by atoms with Crippen LogP contribution < -0.4 is 0 Å². The first kappa shape index (κ1) is 13.9. The van der Waals surface area contributed by atoms with E-state index < -0.39 is 10.8 Å². The maximum absolute atomic E-state index is 12.5. The lowest BCUT2D eigenvalue weighted by Crippen LogP contribution is -2.03. The van der Waals surface area contributed by atoms with Gasteiger partial charge in [0.05, 0.1) is 33.3 Å². The molecule has 0 aliphatic carbocycles. The molecule has 2 heterocycles. The number of aromatic nitrogens is 3. The maximum Gasteiger partial charge on any atom is 0.197 e. The topological polar surface area (TPSA) is 58.6 Å². The molecule has 2 aromatic heterocycles. The lowest BCUT2D eigenvalue weighted by molar-refractivity contribution is 0.676. The molecule has 0 aliphatic rings. The lowest BCUT2D eigenvalue weighted by Gasteiger charge is -2.05. The van der Waals surface area contributed by atoms with Gasteiger partial charge in [0.2, 0.25) is 0 Å². The summed E-state index contributed by atoms with van der Waals surface area (Å²) in [6.07, 6.45) is 1.76. The summed E-state index contributed by atoms with van der Waals surface area (Å²) >= 11 is 0. The standard InChI is InChI=1S/C16H17N3OS/c1-10-4-5-13-14(8-10)19-16(18-13)21(20)9-15-12(3)11(2)6-7-17-15/h4-8H,9H2,1-3H3,(H,18,19)/t21-/m1/s1. The fraction of sp³-hybridized carbons (Fsp3) is 0.250. The molecular formula is C16H17N3OS. The van der Waals surface area contributed by atoms with Crippen LogP contribution in [0.2, 0.25) is 0 Å². The second kappa shape index (κ2) is 5.41. The van der Waals surface area contributed by atoms with Crippen LogP contribution >= 0.6 is 0 Å². The van der Waals surface area contributed by atoms with Crippen LogP contribution in [0.5, 0.6) is 0 Å². The predicted molar refractivity (Wildman–Crippen MR) is 84.7 cm³/mol. The Bertz CT molecular complexity index is 839. The van der Waals surface area contributed by atoms with Gasteiger partial charge in [-0.2, -0.15) is 0 Å². The van der Waals surface area contributed by atoms with Gasteiger partial charge in [-0.25, -0.2) is 4.98 Å². The predicted octanol–water partition coefficient (Wildman–Crippen LogP) is 3.19. The van der Waals surface area contributed by atoms with Crippen molar-refractivity contribution in [2.24, 2.45) is 0 Å². The molecule has 5 heteroatoms. The smallest absolute Gasteiger partial charge is 0.197 e. The molecule has 21 heavy (non-hydrogen) atoms. The Kier molecular flexibility index (Phi) is 3.59. The van der Waals surface area contributed by atoms with Crippen LogP contribution in [-0.2, 0) is 16.6 Å². The second-order valence-corrected chi connectivity index (χ2v) is 6.62. The summed E-state index contributed by atoms with van der Waals surface area (Å²) < 4.78 is 12.5. The Morgan fingerprint density at radius 1 is 1.19 bits per heavy atom. The van der Waals surface area contributed by atoms with E-state index in [0.717, 1.165) is 33.4 Å². The highest BCUT2D eigenvalue weighted by Crippen LogP contribution is 2.18. The Hall–Kier alpha value is -2.01. The number of pyridine rings is 1. The Morgan fingerprint density at radius 2 is 2.00 bits per heavy atom. The van der Waals surface area contributed by atoms with Gasteiger partial charge in [0.15, 0.2) is 5.16 Å². The summed E-state index contributed by atoms with van der Waals surface area (Å²) in [5.41, 5.74) is 6.05. The summed E-state index contributed by atoms with van der Waals surface area (Å²) in [5.74, 6) is 0.381. The van der Waals surface area contributed by atoms with Gasteiger partial charge in [-0.15, -0.1) is 0 Å². The molecule has 0 amide bonds. The zero-order chi connectivity index (χ0) is 15.0. The first-order valence-corrected chi connectivity index (χ1v) is 8.12. The second-order valence-electron chi connectivity index (χ2n) is 5.25. The van der Waals surface area contributed by atoms with Crippen molar-refractivity contribution in [1.29, 1.82) is 0 Å². The number of hydrogen-bond donors (Lipinski definition) is 1. The van der Waals surface area contributed by atoms with Gasteiger partial charge in [-0.1, -0.05) is 6.07 Å². The van der Waals surface area contributed by atoms with Crippen molar-refractivity contribution < 1.29 is 4.21 Å². The number of benzene rings is 1. The van der Waals surface area contributed by atoms with Crippen LogP contribution in [0.4, 0.5) is 0 Å². The molecule has 0 aliphatic heterocycles. The molecule has 0 saturated heterocycles. The number of aromatic amines is 1. The van der Waals surface area contributed by atoms with Gasteiger partial charge >= 0.3 is 0 Å². The molecule has 3 aromatic rings. The van der Waals surface area contributed by atoms with Gasteiger partial charge < -0.3 is 4.98 Å². The lowest BCUT2D eigenvalue weighted by atomic mass is 10.1. The van der Waals surface area contributed by atoms with Gasteiger partial charge in [-0.3, -0.25) is 9.19 Å². The number of rotatable bonds is 3. The van der Waals surface area contributed by atoms with Crippen LogP contribution in [0, 0.1) is 20.8 Å². The highest BCUT2D eigenvalue weighted by atomic mass is 32.2. The van der Waals surface area contributed by atoms with Crippen LogP contribution in [0.25, 0.3) is 11.0 Å². The average molecular weight is 299 g/mol. The summed E-state index contributed by atoms with van der Waals surface area (Å²) in [6, 6.07) is 7.92. The molecule has 0 spiro atoms. The van der Waals surface area contributed by atoms with Crippen molar-refractivity contribution in [3.8, 4) is 0 Å². The monoisotopic (exact) mass is 299 g/mol. The maximum atomic E-state index is 12.5. The highest BCUT2D eigenvalue weighted by Gasteiger charge is 2.13. The quantitative estimate of drug-likeness (QED) is 0.808. The summed E-state index contributed by atoms with van der Waals surface area (Å²) in [7, 11) is -1.22. The molecule has 0 saturated carbocycles. The fourth-order valence-corrected chi connectivity index (χ4v) is 3.33. The van der Waals surface area contributed by atoms with Gasteiger partial charge in [0, 0.05) is 6.20 Å². The van der Waals surface area contributed by atoms with E-state index >= 15 is 0 Å². The molecule has 0 unspecified atom stereocenters. The van der Waals surface area contributed by atoms with E-state index in [9.17, 15) is 4.21 Å². The first-order chi connectivity index (χ1) is 10.0. The Labute approximate surface area is 126 Å². The minimum atomic E-state index is -1.22. The van der Waals surface area contributed by atoms with E-state index in [2.05, 4.69) is 15.0 Å². The average Bonchev–Trinajstić information content (AvgIpc) is 2.87. The molecule has 3 rings (SSSR count). The van der Waals surface area contributed by atoms with Crippen molar-refractivity contribution in [2.75, 3.05) is 0 Å². The van der Waals surface area contributed by atoms with E-state index in [1.807, 2.05) is 45.0 Å². The summed E-state index contributed by atoms with van der Waals surface area (Å²) in [4.78, 5) is 11.9. The largest absolute Gasteiger partial charge is 0.331 e. The third-order valence-corrected chi connectivity index (χ3v) is 4.84. The van der Waals surface area contributed by atoms with Gasteiger partial charge in [0.1, 0.15) is 0 Å². The third-order valence-electron chi connectivity index (χ3n) is 3.68. The van der Waals surface area contributed by atoms with E-state index in [0.29, 0.717) is 10.9 Å². The SMILES string of the molecule is Cc1ccc2nc([S@](=O)Cc3nccc(C)c3C)[nH]c2c1. The zero-order valence-corrected chi connectivity index (χ0v) is 13.1. The number of hydrogen-bond acceptors (Lipinski definition) is 3. The van der Waals surface area contributed by atoms with Crippen LogP contribution in [-0.4, -0.2) is 19.2 Å². The van der Waals surface area contributed by atoms with E-state index in [1.165, 1.54) is 0 Å². The van der Waals surface area contributed by atoms with E-state index in [4.69, 9.17) is 0 Å². The van der Waals surface area contributed by atoms with Crippen LogP contribution in [0.1, 0.15) is 22.4 Å². The van der Waals surface area contributed by atoms with Crippen molar-refractivity contribution in [3.05, 3.63) is 52.8 Å². The number of aryl methyl sites for hydroxylation is 2. The number of fused-ring (bicyclic) bond motifs is 1. The molecule has 4 nitrogen and oxygen atoms in total. The number of nitrogens with zero attached hydrogens (tertiary/aromatic N) is 2. The van der Waals surface area contributed by atoms with Crippen LogP contribution in [0.3, 0.4) is 0 Å². The van der Waals surface area contributed by atoms with Crippen LogP contribution in [0.15, 0.2) is 35.6 Å². The van der Waals surface area contributed by atoms with Crippen molar-refractivity contribution in [3.63, 3.8) is 0 Å².